The number of halogens is 2. The largest absolute Gasteiger partial charge is 0.321 e. The molecule has 3 aromatic heterocycles. The van der Waals surface area contributed by atoms with Crippen LogP contribution < -0.4 is 10.5 Å². The summed E-state index contributed by atoms with van der Waals surface area (Å²) in [6.45, 7) is 0.255. The summed E-state index contributed by atoms with van der Waals surface area (Å²) < 4.78 is 16.0. The molecule has 0 aliphatic heterocycles. The molecule has 3 heterocycles. The van der Waals surface area contributed by atoms with E-state index >= 15 is 0 Å². The third kappa shape index (κ3) is 3.40. The van der Waals surface area contributed by atoms with Crippen LogP contribution in [-0.4, -0.2) is 24.7 Å². The van der Waals surface area contributed by atoms with Crippen LogP contribution in [0.15, 0.2) is 65.8 Å². The van der Waals surface area contributed by atoms with E-state index in [9.17, 15) is 9.18 Å². The number of nitrogens with one attached hydrogen (secondary N) is 1. The van der Waals surface area contributed by atoms with Gasteiger partial charge in [-0.3, -0.25) is 9.48 Å². The van der Waals surface area contributed by atoms with Crippen molar-refractivity contribution in [3.05, 3.63) is 87.8 Å². The molecule has 0 saturated heterocycles. The molecule has 0 amide bonds. The molecular formula is C22H16ClFN6O. The lowest BCUT2D eigenvalue weighted by Gasteiger charge is -2.25. The molecule has 2 aromatic carbocycles. The number of rotatable bonds is 4. The summed E-state index contributed by atoms with van der Waals surface area (Å²) in [6, 6.07) is 13.5. The van der Waals surface area contributed by atoms with Gasteiger partial charge in [0.25, 0.3) is 0 Å². The van der Waals surface area contributed by atoms with E-state index in [4.69, 9.17) is 11.6 Å². The van der Waals surface area contributed by atoms with Crippen LogP contribution in [-0.2, 0) is 13.6 Å². The second kappa shape index (κ2) is 7.48. The highest BCUT2D eigenvalue weighted by atomic mass is 35.5. The van der Waals surface area contributed by atoms with Crippen molar-refractivity contribution in [1.82, 2.24) is 24.7 Å². The normalized spacial score (nSPS) is 11.3. The highest BCUT2D eigenvalue weighted by Gasteiger charge is 2.19. The molecule has 9 heteroatoms. The quantitative estimate of drug-likeness (QED) is 0.455. The highest BCUT2D eigenvalue weighted by molar-refractivity contribution is 6.30. The first kappa shape index (κ1) is 19.2. The van der Waals surface area contributed by atoms with Crippen LogP contribution in [0.4, 0.5) is 15.9 Å². The van der Waals surface area contributed by atoms with Crippen molar-refractivity contribution in [2.24, 2.45) is 7.05 Å². The van der Waals surface area contributed by atoms with Gasteiger partial charge in [-0.25, -0.2) is 14.4 Å². The van der Waals surface area contributed by atoms with Gasteiger partial charge < -0.3 is 9.88 Å². The molecule has 7 nitrogen and oxygen atoms in total. The van der Waals surface area contributed by atoms with E-state index in [2.05, 4.69) is 20.1 Å². The Bertz CT molecular complexity index is 1490. The van der Waals surface area contributed by atoms with Crippen LogP contribution in [0.2, 0.25) is 5.02 Å². The lowest BCUT2D eigenvalue weighted by molar-refractivity contribution is 0.636. The van der Waals surface area contributed by atoms with Crippen LogP contribution in [0.5, 0.6) is 0 Å². The minimum Gasteiger partial charge on any atom is -0.321 e. The van der Waals surface area contributed by atoms with Crippen molar-refractivity contribution in [3.63, 3.8) is 0 Å². The molecule has 0 unspecified atom stereocenters. The van der Waals surface area contributed by atoms with Crippen LogP contribution in [0, 0.1) is 5.82 Å². The highest BCUT2D eigenvalue weighted by Crippen LogP contribution is 2.33. The number of pyridine rings is 1. The third-order valence-electron chi connectivity index (χ3n) is 5.13. The molecule has 1 N–H and O–H groups in total. The zero-order valence-corrected chi connectivity index (χ0v) is 17.1. The number of hydrogen-bond donors (Lipinski definition) is 1. The summed E-state index contributed by atoms with van der Waals surface area (Å²) in [5.41, 5.74) is 1.87. The molecule has 0 spiro atoms. The maximum Gasteiger partial charge on any atom is 0.248 e. The van der Waals surface area contributed by atoms with Crippen LogP contribution in [0.3, 0.4) is 0 Å². The Kier molecular flexibility index (Phi) is 4.63. The van der Waals surface area contributed by atoms with Crippen molar-refractivity contribution in [3.8, 4) is 0 Å². The van der Waals surface area contributed by atoms with E-state index in [1.165, 1.54) is 18.5 Å². The second-order valence-electron chi connectivity index (χ2n) is 7.09. The Hall–Kier alpha value is -3.78. The van der Waals surface area contributed by atoms with Gasteiger partial charge in [-0.05, 0) is 29.8 Å². The molecule has 0 atom stereocenters. The fourth-order valence-electron chi connectivity index (χ4n) is 3.71. The minimum atomic E-state index is -0.484. The summed E-state index contributed by atoms with van der Waals surface area (Å²) >= 11 is 6.26. The molecule has 0 aliphatic carbocycles. The Morgan fingerprint density at radius 2 is 1.97 bits per heavy atom. The lowest BCUT2D eigenvalue weighted by atomic mass is 10.1. The molecule has 0 fully saturated rings. The SMILES string of the molecule is Cn1ncc2c(N(Cc3cc(=O)[nH]c4c(F)cccc34)c3cccc(Cl)c3)ncnc21. The lowest BCUT2D eigenvalue weighted by Crippen LogP contribution is -2.20. The molecule has 5 rings (SSSR count). The fourth-order valence-corrected chi connectivity index (χ4v) is 3.90. The number of aryl methyl sites for hydroxylation is 1. The molecule has 154 valence electrons. The van der Waals surface area contributed by atoms with Crippen LogP contribution in [0.1, 0.15) is 5.56 Å². The fraction of sp³-hybridized carbons (Fsp3) is 0.0909. The second-order valence-corrected chi connectivity index (χ2v) is 7.53. The van der Waals surface area contributed by atoms with E-state index in [0.29, 0.717) is 27.4 Å². The van der Waals surface area contributed by atoms with E-state index < -0.39 is 5.82 Å². The number of aromatic amines is 1. The number of benzene rings is 2. The number of H-pyrrole nitrogens is 1. The summed E-state index contributed by atoms with van der Waals surface area (Å²) in [5.74, 6) is 0.118. The minimum absolute atomic E-state index is 0.172. The maximum atomic E-state index is 14.4. The predicted octanol–water partition coefficient (Wildman–Crippen LogP) is 4.34. The van der Waals surface area contributed by atoms with Crippen LogP contribution in [0.25, 0.3) is 21.9 Å². The third-order valence-corrected chi connectivity index (χ3v) is 5.36. The summed E-state index contributed by atoms with van der Waals surface area (Å²) in [5, 5.41) is 6.20. The molecule has 0 aliphatic rings. The van der Waals surface area contributed by atoms with E-state index in [-0.39, 0.29) is 17.6 Å². The molecule has 5 aromatic rings. The van der Waals surface area contributed by atoms with Gasteiger partial charge in [0.2, 0.25) is 5.56 Å². The number of nitrogens with zero attached hydrogens (tertiary/aromatic N) is 5. The monoisotopic (exact) mass is 434 g/mol. The predicted molar refractivity (Wildman–Crippen MR) is 118 cm³/mol. The number of anilines is 2. The smallest absolute Gasteiger partial charge is 0.248 e. The van der Waals surface area contributed by atoms with Crippen molar-refractivity contribution in [1.29, 1.82) is 0 Å². The Morgan fingerprint density at radius 1 is 1.13 bits per heavy atom. The summed E-state index contributed by atoms with van der Waals surface area (Å²) in [7, 11) is 1.80. The first-order valence-corrected chi connectivity index (χ1v) is 9.85. The number of para-hydroxylation sites is 1. The van der Waals surface area contributed by atoms with Crippen molar-refractivity contribution in [2.45, 2.75) is 6.54 Å². The molecular weight excluding hydrogens is 419 g/mol. The van der Waals surface area contributed by atoms with Gasteiger partial charge in [0.1, 0.15) is 18.0 Å². The zero-order chi connectivity index (χ0) is 21.5. The topological polar surface area (TPSA) is 79.7 Å². The number of hydrogen-bond acceptors (Lipinski definition) is 5. The zero-order valence-electron chi connectivity index (χ0n) is 16.4. The number of aromatic nitrogens is 5. The summed E-state index contributed by atoms with van der Waals surface area (Å²) in [4.78, 5) is 25.6. The Labute approximate surface area is 180 Å². The van der Waals surface area contributed by atoms with Crippen molar-refractivity contribution in [2.75, 3.05) is 4.90 Å². The van der Waals surface area contributed by atoms with Gasteiger partial charge in [-0.1, -0.05) is 29.8 Å². The van der Waals surface area contributed by atoms with Crippen molar-refractivity contribution >= 4 is 45.0 Å². The van der Waals surface area contributed by atoms with Gasteiger partial charge in [-0.2, -0.15) is 5.10 Å². The molecule has 31 heavy (non-hydrogen) atoms. The van der Waals surface area contributed by atoms with E-state index in [1.54, 1.807) is 36.1 Å². The van der Waals surface area contributed by atoms with Gasteiger partial charge >= 0.3 is 0 Å². The maximum absolute atomic E-state index is 14.4. The van der Waals surface area contributed by atoms with Gasteiger partial charge in [-0.15, -0.1) is 0 Å². The average Bonchev–Trinajstić information content (AvgIpc) is 3.14. The molecule has 0 saturated carbocycles. The van der Waals surface area contributed by atoms with Gasteiger partial charge in [0.05, 0.1) is 23.6 Å². The number of fused-ring (bicyclic) bond motifs is 2. The molecule has 0 radical (unpaired) electrons. The van der Waals surface area contributed by atoms with E-state index in [0.717, 1.165) is 11.1 Å². The van der Waals surface area contributed by atoms with Gasteiger partial charge in [0.15, 0.2) is 5.65 Å². The Balaban J connectivity index is 1.74. The average molecular weight is 435 g/mol. The first-order valence-electron chi connectivity index (χ1n) is 9.47. The summed E-state index contributed by atoms with van der Waals surface area (Å²) in [6.07, 6.45) is 3.16. The van der Waals surface area contributed by atoms with Crippen LogP contribution >= 0.6 is 11.6 Å². The Morgan fingerprint density at radius 3 is 2.81 bits per heavy atom. The molecule has 0 bridgehead atoms. The van der Waals surface area contributed by atoms with Gasteiger partial charge in [0, 0.05) is 29.2 Å². The standard InChI is InChI=1S/C22H16ClFN6O/c1-29-21-17(10-27-29)22(26-12-25-21)30(15-5-2-4-14(23)9-15)11-13-8-19(31)28-20-16(13)6-3-7-18(20)24/h2-10,12H,11H2,1H3,(H,28,31). The van der Waals surface area contributed by atoms with Crippen molar-refractivity contribution < 1.29 is 4.39 Å². The first-order chi connectivity index (χ1) is 15.0. The van der Waals surface area contributed by atoms with E-state index in [1.807, 2.05) is 23.1 Å².